The summed E-state index contributed by atoms with van der Waals surface area (Å²) < 4.78 is 1.15. The minimum Gasteiger partial charge on any atom is -0.352 e. The molecule has 92 valence electrons. The summed E-state index contributed by atoms with van der Waals surface area (Å²) in [6.45, 7) is 0. The number of primary amides is 1. The predicted molar refractivity (Wildman–Crippen MR) is 80.2 cm³/mol. The first-order chi connectivity index (χ1) is 8.66. The van der Waals surface area contributed by atoms with Crippen molar-refractivity contribution >= 4 is 28.6 Å². The molecule has 3 N–H and O–H groups in total. The fourth-order valence-electron chi connectivity index (χ4n) is 1.80. The molecule has 0 heterocycles. The molecule has 0 radical (unpaired) electrons. The number of benzene rings is 2. The average Bonchev–Trinajstić information content (AvgIpc) is 2.38. The van der Waals surface area contributed by atoms with E-state index in [-0.39, 0.29) is 6.04 Å². The summed E-state index contributed by atoms with van der Waals surface area (Å²) >= 11 is 2.25. The van der Waals surface area contributed by atoms with Crippen LogP contribution in [-0.2, 0) is 0 Å². The zero-order chi connectivity index (χ0) is 13.0. The van der Waals surface area contributed by atoms with Gasteiger partial charge in [-0.05, 0) is 45.9 Å². The molecule has 0 aliphatic heterocycles. The highest BCUT2D eigenvalue weighted by atomic mass is 127. The van der Waals surface area contributed by atoms with Crippen LogP contribution in [0.2, 0.25) is 0 Å². The van der Waals surface area contributed by atoms with Crippen LogP contribution in [0.3, 0.4) is 0 Å². The van der Waals surface area contributed by atoms with Gasteiger partial charge >= 0.3 is 6.03 Å². The van der Waals surface area contributed by atoms with E-state index in [2.05, 4.69) is 27.9 Å². The summed E-state index contributed by atoms with van der Waals surface area (Å²) in [6, 6.07) is 17.0. The molecule has 2 amide bonds. The molecule has 2 aromatic carbocycles. The highest BCUT2D eigenvalue weighted by molar-refractivity contribution is 14.1. The Morgan fingerprint density at radius 2 is 1.56 bits per heavy atom. The second-order valence-corrected chi connectivity index (χ2v) is 5.15. The summed E-state index contributed by atoms with van der Waals surface area (Å²) in [5.41, 5.74) is 7.27. The lowest BCUT2D eigenvalue weighted by atomic mass is 9.99. The molecular formula is C14H13IN2O. The number of halogens is 1. The van der Waals surface area contributed by atoms with E-state index in [9.17, 15) is 4.79 Å². The normalized spacial score (nSPS) is 11.8. The van der Waals surface area contributed by atoms with Crippen LogP contribution in [0.25, 0.3) is 0 Å². The number of urea groups is 1. The van der Waals surface area contributed by atoms with Crippen molar-refractivity contribution < 1.29 is 4.79 Å². The SMILES string of the molecule is NC(=O)NC(c1ccccc1)c1ccc(I)cc1. The van der Waals surface area contributed by atoms with E-state index < -0.39 is 6.03 Å². The first kappa shape index (κ1) is 12.9. The molecule has 0 fully saturated rings. The van der Waals surface area contributed by atoms with Gasteiger partial charge in [0, 0.05) is 3.57 Å². The van der Waals surface area contributed by atoms with E-state index in [4.69, 9.17) is 5.73 Å². The van der Waals surface area contributed by atoms with Crippen molar-refractivity contribution in [3.63, 3.8) is 0 Å². The summed E-state index contributed by atoms with van der Waals surface area (Å²) in [7, 11) is 0. The topological polar surface area (TPSA) is 55.1 Å². The van der Waals surface area contributed by atoms with Crippen LogP contribution in [0.15, 0.2) is 54.6 Å². The van der Waals surface area contributed by atoms with Crippen molar-refractivity contribution in [1.29, 1.82) is 0 Å². The summed E-state index contributed by atoms with van der Waals surface area (Å²) in [6.07, 6.45) is 0. The van der Waals surface area contributed by atoms with Gasteiger partial charge in [0.15, 0.2) is 0 Å². The van der Waals surface area contributed by atoms with Gasteiger partial charge in [-0.3, -0.25) is 0 Å². The average molecular weight is 352 g/mol. The number of hydrogen-bond donors (Lipinski definition) is 2. The van der Waals surface area contributed by atoms with Crippen LogP contribution in [0.4, 0.5) is 4.79 Å². The van der Waals surface area contributed by atoms with Crippen LogP contribution in [0, 0.1) is 3.57 Å². The fraction of sp³-hybridized carbons (Fsp3) is 0.0714. The third kappa shape index (κ3) is 3.22. The molecule has 0 aliphatic carbocycles. The first-order valence-electron chi connectivity index (χ1n) is 5.53. The van der Waals surface area contributed by atoms with Gasteiger partial charge in [0.25, 0.3) is 0 Å². The van der Waals surface area contributed by atoms with Gasteiger partial charge < -0.3 is 11.1 Å². The van der Waals surface area contributed by atoms with E-state index in [1.807, 2.05) is 54.6 Å². The Labute approximate surface area is 120 Å². The zero-order valence-electron chi connectivity index (χ0n) is 9.64. The lowest BCUT2D eigenvalue weighted by molar-refractivity contribution is 0.247. The number of rotatable bonds is 3. The first-order valence-corrected chi connectivity index (χ1v) is 6.61. The lowest BCUT2D eigenvalue weighted by Gasteiger charge is -2.18. The summed E-state index contributed by atoms with van der Waals surface area (Å²) in [5.74, 6) is 0. The van der Waals surface area contributed by atoms with E-state index in [0.29, 0.717) is 0 Å². The molecule has 18 heavy (non-hydrogen) atoms. The van der Waals surface area contributed by atoms with E-state index in [1.165, 1.54) is 0 Å². The van der Waals surface area contributed by atoms with Crippen LogP contribution >= 0.6 is 22.6 Å². The van der Waals surface area contributed by atoms with Gasteiger partial charge in [0.05, 0.1) is 6.04 Å². The Hall–Kier alpha value is -1.56. The van der Waals surface area contributed by atoms with Crippen LogP contribution in [-0.4, -0.2) is 6.03 Å². The molecule has 0 aromatic heterocycles. The van der Waals surface area contributed by atoms with E-state index in [1.54, 1.807) is 0 Å². The maximum atomic E-state index is 11.1. The Morgan fingerprint density at radius 3 is 2.11 bits per heavy atom. The van der Waals surface area contributed by atoms with Gasteiger partial charge in [0.2, 0.25) is 0 Å². The maximum Gasteiger partial charge on any atom is 0.312 e. The summed E-state index contributed by atoms with van der Waals surface area (Å²) in [5, 5.41) is 2.77. The smallest absolute Gasteiger partial charge is 0.312 e. The second-order valence-electron chi connectivity index (χ2n) is 3.90. The standard InChI is InChI=1S/C14H13IN2O/c15-12-8-6-11(7-9-12)13(17-14(16)18)10-4-2-1-3-5-10/h1-9,13H,(H3,16,17,18). The molecule has 0 bridgehead atoms. The van der Waals surface area contributed by atoms with Gasteiger partial charge in [0.1, 0.15) is 0 Å². The van der Waals surface area contributed by atoms with E-state index in [0.717, 1.165) is 14.7 Å². The molecule has 0 saturated carbocycles. The van der Waals surface area contributed by atoms with Gasteiger partial charge in [-0.15, -0.1) is 0 Å². The molecule has 2 aromatic rings. The Bertz CT molecular complexity index is 525. The van der Waals surface area contributed by atoms with Crippen LogP contribution in [0.5, 0.6) is 0 Å². The molecule has 2 rings (SSSR count). The van der Waals surface area contributed by atoms with Gasteiger partial charge in [-0.1, -0.05) is 42.5 Å². The van der Waals surface area contributed by atoms with Crippen LogP contribution in [0.1, 0.15) is 17.2 Å². The van der Waals surface area contributed by atoms with Crippen molar-refractivity contribution in [1.82, 2.24) is 5.32 Å². The number of carbonyl (C=O) groups is 1. The molecule has 0 saturated heterocycles. The number of carbonyl (C=O) groups excluding carboxylic acids is 1. The molecular weight excluding hydrogens is 339 g/mol. The van der Waals surface area contributed by atoms with E-state index >= 15 is 0 Å². The third-order valence-corrected chi connectivity index (χ3v) is 3.34. The quantitative estimate of drug-likeness (QED) is 0.820. The number of hydrogen-bond acceptors (Lipinski definition) is 1. The molecule has 0 aliphatic rings. The van der Waals surface area contributed by atoms with Crippen molar-refractivity contribution in [2.45, 2.75) is 6.04 Å². The predicted octanol–water partition coefficient (Wildman–Crippen LogP) is 3.05. The van der Waals surface area contributed by atoms with Crippen molar-refractivity contribution in [3.05, 3.63) is 69.3 Å². The molecule has 1 unspecified atom stereocenters. The minimum atomic E-state index is -0.526. The number of nitrogens with one attached hydrogen (secondary N) is 1. The minimum absolute atomic E-state index is 0.208. The number of amides is 2. The lowest BCUT2D eigenvalue weighted by Crippen LogP contribution is -2.33. The van der Waals surface area contributed by atoms with Crippen molar-refractivity contribution in [2.75, 3.05) is 0 Å². The fourth-order valence-corrected chi connectivity index (χ4v) is 2.16. The zero-order valence-corrected chi connectivity index (χ0v) is 11.8. The highest BCUT2D eigenvalue weighted by Gasteiger charge is 2.14. The Morgan fingerprint density at radius 1 is 1.00 bits per heavy atom. The molecule has 3 nitrogen and oxygen atoms in total. The van der Waals surface area contributed by atoms with Crippen molar-refractivity contribution in [2.24, 2.45) is 5.73 Å². The van der Waals surface area contributed by atoms with Crippen molar-refractivity contribution in [3.8, 4) is 0 Å². The largest absolute Gasteiger partial charge is 0.352 e. The highest BCUT2D eigenvalue weighted by Crippen LogP contribution is 2.22. The molecule has 0 spiro atoms. The Balaban J connectivity index is 2.36. The summed E-state index contributed by atoms with van der Waals surface area (Å²) in [4.78, 5) is 11.1. The van der Waals surface area contributed by atoms with Gasteiger partial charge in [-0.2, -0.15) is 0 Å². The second kappa shape index (κ2) is 5.86. The molecule has 1 atom stereocenters. The van der Waals surface area contributed by atoms with Crippen LogP contribution < -0.4 is 11.1 Å². The number of nitrogens with two attached hydrogens (primary N) is 1. The third-order valence-electron chi connectivity index (χ3n) is 2.62. The van der Waals surface area contributed by atoms with Gasteiger partial charge in [-0.25, -0.2) is 4.79 Å². The monoisotopic (exact) mass is 352 g/mol. The maximum absolute atomic E-state index is 11.1. The Kier molecular flexibility index (Phi) is 4.19. The molecule has 4 heteroatoms.